The fraction of sp³-hybridized carbons (Fsp3) is 0.429. The van der Waals surface area contributed by atoms with Gasteiger partial charge in [-0.15, -0.1) is 0 Å². The van der Waals surface area contributed by atoms with Crippen molar-refractivity contribution < 1.29 is 4.79 Å². The normalized spacial score (nSPS) is 14.2. The summed E-state index contributed by atoms with van der Waals surface area (Å²) in [6.45, 7) is 4.76. The van der Waals surface area contributed by atoms with Crippen molar-refractivity contribution in [3.05, 3.63) is 75.1 Å². The number of carbonyl (C=O) groups excluding carboxylic acids is 1. The molecule has 0 aliphatic heterocycles. The van der Waals surface area contributed by atoms with Gasteiger partial charge in [0.15, 0.2) is 0 Å². The van der Waals surface area contributed by atoms with Crippen molar-refractivity contribution in [1.29, 1.82) is 0 Å². The number of aryl methyl sites for hydroxylation is 2. The third-order valence-corrected chi connectivity index (χ3v) is 7.04. The van der Waals surface area contributed by atoms with Gasteiger partial charge >= 0.3 is 6.03 Å². The van der Waals surface area contributed by atoms with Crippen LogP contribution in [0.2, 0.25) is 0 Å². The van der Waals surface area contributed by atoms with Gasteiger partial charge in [-0.25, -0.2) is 4.79 Å². The van der Waals surface area contributed by atoms with Crippen molar-refractivity contribution in [1.82, 2.24) is 15.2 Å². The first-order chi connectivity index (χ1) is 16.3. The lowest BCUT2D eigenvalue weighted by molar-refractivity contribution is 0.184. The van der Waals surface area contributed by atoms with Gasteiger partial charge in [0.2, 0.25) is 0 Å². The quantitative estimate of drug-likeness (QED) is 0.528. The number of nitrogens with one attached hydrogen (secondary N) is 2. The maximum Gasteiger partial charge on any atom is 0.318 e. The van der Waals surface area contributed by atoms with Gasteiger partial charge < -0.3 is 20.1 Å². The number of benzene rings is 2. The molecule has 0 saturated heterocycles. The van der Waals surface area contributed by atoms with E-state index in [1.165, 1.54) is 6.42 Å². The number of aromatic amines is 1. The van der Waals surface area contributed by atoms with E-state index < -0.39 is 0 Å². The molecule has 2 amide bonds. The maximum atomic E-state index is 13.4. The zero-order chi connectivity index (χ0) is 24.2. The molecule has 3 aromatic rings. The molecule has 1 fully saturated rings. The van der Waals surface area contributed by atoms with Gasteiger partial charge in [-0.2, -0.15) is 0 Å². The zero-order valence-corrected chi connectivity index (χ0v) is 20.8. The Morgan fingerprint density at radius 1 is 1.00 bits per heavy atom. The van der Waals surface area contributed by atoms with Crippen molar-refractivity contribution in [3.8, 4) is 0 Å². The Labute approximate surface area is 202 Å². The molecule has 34 heavy (non-hydrogen) atoms. The predicted octanol–water partition coefficient (Wildman–Crippen LogP) is 5.26. The molecule has 2 N–H and O–H groups in total. The van der Waals surface area contributed by atoms with Crippen LogP contribution in [0.4, 0.5) is 10.5 Å². The summed E-state index contributed by atoms with van der Waals surface area (Å²) in [7, 11) is 4.02. The van der Waals surface area contributed by atoms with Crippen molar-refractivity contribution in [2.75, 3.05) is 19.0 Å². The van der Waals surface area contributed by atoms with E-state index in [-0.39, 0.29) is 24.2 Å². The first kappa shape index (κ1) is 23.9. The fourth-order valence-electron chi connectivity index (χ4n) is 4.73. The van der Waals surface area contributed by atoms with Gasteiger partial charge in [0, 0.05) is 37.9 Å². The highest BCUT2D eigenvalue weighted by molar-refractivity contribution is 5.83. The average Bonchev–Trinajstić information content (AvgIpc) is 2.83. The van der Waals surface area contributed by atoms with Crippen LogP contribution in [-0.4, -0.2) is 36.1 Å². The molecule has 6 heteroatoms. The lowest BCUT2D eigenvalue weighted by Gasteiger charge is -2.28. The molecule has 4 rings (SSSR count). The molecule has 1 aromatic heterocycles. The minimum Gasteiger partial charge on any atom is -0.378 e. The summed E-state index contributed by atoms with van der Waals surface area (Å²) >= 11 is 0. The van der Waals surface area contributed by atoms with Crippen LogP contribution in [0.1, 0.15) is 54.4 Å². The van der Waals surface area contributed by atoms with Crippen molar-refractivity contribution in [2.45, 2.75) is 65.1 Å². The van der Waals surface area contributed by atoms with Crippen LogP contribution in [0.15, 0.2) is 47.3 Å². The predicted molar refractivity (Wildman–Crippen MR) is 139 cm³/mol. The first-order valence-electron chi connectivity index (χ1n) is 12.3. The molecule has 1 saturated carbocycles. The van der Waals surface area contributed by atoms with E-state index in [4.69, 9.17) is 0 Å². The number of rotatable bonds is 6. The maximum absolute atomic E-state index is 13.4. The van der Waals surface area contributed by atoms with Crippen molar-refractivity contribution >= 4 is 22.6 Å². The van der Waals surface area contributed by atoms with Gasteiger partial charge in [-0.3, -0.25) is 4.79 Å². The van der Waals surface area contributed by atoms with Crippen LogP contribution in [0.5, 0.6) is 0 Å². The number of hydrogen-bond donors (Lipinski definition) is 2. The van der Waals surface area contributed by atoms with E-state index in [9.17, 15) is 9.59 Å². The smallest absolute Gasteiger partial charge is 0.318 e. The number of hydrogen-bond acceptors (Lipinski definition) is 3. The summed E-state index contributed by atoms with van der Waals surface area (Å²) in [4.78, 5) is 33.2. The second kappa shape index (κ2) is 10.3. The van der Waals surface area contributed by atoms with Crippen molar-refractivity contribution in [2.24, 2.45) is 0 Å². The van der Waals surface area contributed by atoms with Crippen molar-refractivity contribution in [3.63, 3.8) is 0 Å². The summed E-state index contributed by atoms with van der Waals surface area (Å²) in [5.74, 6) is 0. The molecule has 0 bridgehead atoms. The van der Waals surface area contributed by atoms with Gasteiger partial charge in [0.1, 0.15) is 0 Å². The van der Waals surface area contributed by atoms with E-state index in [0.29, 0.717) is 12.1 Å². The third kappa shape index (κ3) is 5.44. The Morgan fingerprint density at radius 2 is 1.71 bits per heavy atom. The molecule has 1 aliphatic rings. The van der Waals surface area contributed by atoms with Crippen LogP contribution >= 0.6 is 0 Å². The molecule has 1 heterocycles. The van der Waals surface area contributed by atoms with E-state index in [0.717, 1.165) is 59.0 Å². The molecule has 180 valence electrons. The summed E-state index contributed by atoms with van der Waals surface area (Å²) in [6.07, 6.45) is 5.58. The number of H-pyrrole nitrogens is 1. The Kier molecular flexibility index (Phi) is 7.25. The average molecular weight is 461 g/mol. The highest BCUT2D eigenvalue weighted by atomic mass is 16.2. The summed E-state index contributed by atoms with van der Waals surface area (Å²) < 4.78 is 0. The summed E-state index contributed by atoms with van der Waals surface area (Å²) in [5, 5.41) is 4.22. The number of fused-ring (bicyclic) bond motifs is 1. The summed E-state index contributed by atoms with van der Waals surface area (Å²) in [6, 6.07) is 14.3. The number of anilines is 1. The number of nitrogens with zero attached hydrogens (tertiary/aromatic N) is 2. The zero-order valence-electron chi connectivity index (χ0n) is 20.8. The van der Waals surface area contributed by atoms with E-state index in [2.05, 4.69) is 33.4 Å². The second-order valence-corrected chi connectivity index (χ2v) is 9.80. The molecular formula is C28H36N4O2. The Morgan fingerprint density at radius 3 is 2.38 bits per heavy atom. The van der Waals surface area contributed by atoms with Crippen LogP contribution < -0.4 is 15.8 Å². The molecule has 6 nitrogen and oxygen atoms in total. The molecule has 0 unspecified atom stereocenters. The van der Waals surface area contributed by atoms with E-state index in [1.807, 2.05) is 52.2 Å². The Hall–Kier alpha value is -3.28. The van der Waals surface area contributed by atoms with Crippen LogP contribution in [0, 0.1) is 13.8 Å². The first-order valence-corrected chi connectivity index (χ1v) is 12.3. The Balaban J connectivity index is 1.61. The molecule has 1 aliphatic carbocycles. The largest absolute Gasteiger partial charge is 0.378 e. The fourth-order valence-corrected chi connectivity index (χ4v) is 4.73. The molecule has 0 atom stereocenters. The molecule has 2 aromatic carbocycles. The van der Waals surface area contributed by atoms with E-state index in [1.54, 1.807) is 4.90 Å². The monoisotopic (exact) mass is 460 g/mol. The standard InChI is InChI=1S/C28H36N4O2/c1-19-10-13-22-16-23(27(33)30-26(22)20(19)2)18-32(28(34)29-24-8-6-5-7-9-24)17-21-11-14-25(15-12-21)31(3)4/h10-16,24H,5-9,17-18H2,1-4H3,(H,29,34)(H,30,33). The van der Waals surface area contributed by atoms with Gasteiger partial charge in [-0.1, -0.05) is 43.5 Å². The third-order valence-electron chi connectivity index (χ3n) is 7.04. The minimum absolute atomic E-state index is 0.108. The lowest BCUT2D eigenvalue weighted by atomic mass is 9.96. The highest BCUT2D eigenvalue weighted by Crippen LogP contribution is 2.21. The topological polar surface area (TPSA) is 68.4 Å². The van der Waals surface area contributed by atoms with Crippen LogP contribution in [0.3, 0.4) is 0 Å². The number of pyridine rings is 1. The number of carbonyl (C=O) groups is 1. The molecule has 0 radical (unpaired) electrons. The van der Waals surface area contributed by atoms with Gasteiger partial charge in [0.05, 0.1) is 12.1 Å². The minimum atomic E-state index is -0.139. The number of urea groups is 1. The van der Waals surface area contributed by atoms with Gasteiger partial charge in [-0.05, 0) is 67.0 Å². The lowest BCUT2D eigenvalue weighted by Crippen LogP contribution is -2.45. The Bertz CT molecular complexity index is 1210. The molecule has 0 spiro atoms. The SMILES string of the molecule is Cc1ccc2cc(CN(Cc3ccc(N(C)C)cc3)C(=O)NC3CCCCC3)c(=O)[nH]c2c1C. The van der Waals surface area contributed by atoms with Crippen LogP contribution in [-0.2, 0) is 13.1 Å². The summed E-state index contributed by atoms with van der Waals surface area (Å²) in [5.41, 5.74) is 5.69. The van der Waals surface area contributed by atoms with Gasteiger partial charge in [0.25, 0.3) is 5.56 Å². The highest BCUT2D eigenvalue weighted by Gasteiger charge is 2.22. The number of aromatic nitrogens is 1. The number of amides is 2. The second-order valence-electron chi connectivity index (χ2n) is 9.80. The molecular weight excluding hydrogens is 424 g/mol. The van der Waals surface area contributed by atoms with E-state index >= 15 is 0 Å². The van der Waals surface area contributed by atoms with Crippen LogP contribution in [0.25, 0.3) is 10.9 Å².